The van der Waals surface area contributed by atoms with Crippen LogP contribution in [0.15, 0.2) is 42.5 Å². The minimum atomic E-state index is -2.54. The molecular formula is C15H11ClF2OS. The summed E-state index contributed by atoms with van der Waals surface area (Å²) in [5.74, 6) is 0.142. The van der Waals surface area contributed by atoms with E-state index < -0.39 is 6.43 Å². The topological polar surface area (TPSA) is 17.1 Å². The smallest absolute Gasteiger partial charge is 0.263 e. The molecule has 104 valence electrons. The van der Waals surface area contributed by atoms with Crippen LogP contribution in [0.5, 0.6) is 0 Å². The average molecular weight is 313 g/mol. The number of halogens is 3. The van der Waals surface area contributed by atoms with Gasteiger partial charge in [0.1, 0.15) is 0 Å². The summed E-state index contributed by atoms with van der Waals surface area (Å²) in [5.41, 5.74) is 1.45. The Hall–Kier alpha value is -1.39. The van der Waals surface area contributed by atoms with E-state index in [1.807, 2.05) is 0 Å². The van der Waals surface area contributed by atoms with Crippen molar-refractivity contribution in [1.82, 2.24) is 0 Å². The SMILES string of the molecule is O=C(c1ccc(C(F)F)cc1)c1ccc(Cl)cc1CS. The lowest BCUT2D eigenvalue weighted by Gasteiger charge is -2.08. The molecule has 0 aliphatic heterocycles. The van der Waals surface area contributed by atoms with Crippen molar-refractivity contribution in [3.8, 4) is 0 Å². The molecule has 2 aromatic rings. The van der Waals surface area contributed by atoms with Gasteiger partial charge in [0, 0.05) is 27.5 Å². The van der Waals surface area contributed by atoms with Gasteiger partial charge in [0.25, 0.3) is 6.43 Å². The van der Waals surface area contributed by atoms with Gasteiger partial charge in [-0.2, -0.15) is 12.6 Å². The number of thiol groups is 1. The van der Waals surface area contributed by atoms with E-state index >= 15 is 0 Å². The van der Waals surface area contributed by atoms with Crippen molar-refractivity contribution in [2.45, 2.75) is 12.2 Å². The Morgan fingerprint density at radius 3 is 2.35 bits per heavy atom. The van der Waals surface area contributed by atoms with Gasteiger partial charge in [-0.15, -0.1) is 0 Å². The van der Waals surface area contributed by atoms with Gasteiger partial charge in [0.15, 0.2) is 5.78 Å². The first-order valence-electron chi connectivity index (χ1n) is 5.85. The molecule has 0 aliphatic carbocycles. The molecule has 0 amide bonds. The largest absolute Gasteiger partial charge is 0.289 e. The second-order valence-electron chi connectivity index (χ2n) is 4.21. The average Bonchev–Trinajstić information content (AvgIpc) is 2.46. The summed E-state index contributed by atoms with van der Waals surface area (Å²) in [5, 5.41) is 0.527. The third kappa shape index (κ3) is 3.19. The van der Waals surface area contributed by atoms with Crippen LogP contribution in [0.25, 0.3) is 0 Å². The van der Waals surface area contributed by atoms with Crippen LogP contribution in [-0.2, 0) is 5.75 Å². The maximum absolute atomic E-state index is 12.5. The van der Waals surface area contributed by atoms with Crippen LogP contribution in [0.4, 0.5) is 8.78 Å². The fourth-order valence-electron chi connectivity index (χ4n) is 1.85. The first kappa shape index (κ1) is 15.0. The highest BCUT2D eigenvalue weighted by Gasteiger charge is 2.14. The third-order valence-corrected chi connectivity index (χ3v) is 3.48. The van der Waals surface area contributed by atoms with Crippen molar-refractivity contribution in [3.05, 3.63) is 69.7 Å². The molecule has 0 radical (unpaired) electrons. The molecule has 0 aromatic heterocycles. The minimum Gasteiger partial charge on any atom is -0.289 e. The zero-order valence-corrected chi connectivity index (χ0v) is 12.0. The number of hydrogen-bond acceptors (Lipinski definition) is 2. The monoisotopic (exact) mass is 312 g/mol. The molecule has 0 heterocycles. The van der Waals surface area contributed by atoms with Gasteiger partial charge < -0.3 is 0 Å². The Kier molecular flexibility index (Phi) is 4.78. The van der Waals surface area contributed by atoms with Gasteiger partial charge in [-0.3, -0.25) is 4.79 Å². The van der Waals surface area contributed by atoms with Gasteiger partial charge in [0.2, 0.25) is 0 Å². The molecule has 2 aromatic carbocycles. The molecule has 0 atom stereocenters. The number of rotatable bonds is 4. The van der Waals surface area contributed by atoms with Crippen molar-refractivity contribution >= 4 is 30.0 Å². The van der Waals surface area contributed by atoms with Gasteiger partial charge in [-0.25, -0.2) is 8.78 Å². The van der Waals surface area contributed by atoms with Crippen molar-refractivity contribution in [3.63, 3.8) is 0 Å². The Balaban J connectivity index is 2.36. The van der Waals surface area contributed by atoms with E-state index in [2.05, 4.69) is 12.6 Å². The molecule has 0 fully saturated rings. The van der Waals surface area contributed by atoms with Crippen LogP contribution >= 0.6 is 24.2 Å². The summed E-state index contributed by atoms with van der Waals surface area (Å²) in [4.78, 5) is 12.4. The van der Waals surface area contributed by atoms with Crippen molar-refractivity contribution in [2.75, 3.05) is 0 Å². The summed E-state index contributed by atoms with van der Waals surface area (Å²) >= 11 is 10.0. The molecule has 0 saturated heterocycles. The molecule has 0 saturated carbocycles. The van der Waals surface area contributed by atoms with Gasteiger partial charge in [0.05, 0.1) is 0 Å². The van der Waals surface area contributed by atoms with E-state index in [0.29, 0.717) is 27.5 Å². The van der Waals surface area contributed by atoms with Crippen LogP contribution in [0, 0.1) is 0 Å². The fraction of sp³-hybridized carbons (Fsp3) is 0.133. The summed E-state index contributed by atoms with van der Waals surface area (Å²) in [7, 11) is 0. The molecule has 0 bridgehead atoms. The lowest BCUT2D eigenvalue weighted by atomic mass is 9.98. The fourth-order valence-corrected chi connectivity index (χ4v) is 2.31. The molecule has 0 spiro atoms. The maximum Gasteiger partial charge on any atom is 0.263 e. The second-order valence-corrected chi connectivity index (χ2v) is 4.96. The number of hydrogen-bond donors (Lipinski definition) is 1. The minimum absolute atomic E-state index is 0.105. The number of ketones is 1. The quantitative estimate of drug-likeness (QED) is 0.625. The third-order valence-electron chi connectivity index (χ3n) is 2.91. The molecular weight excluding hydrogens is 302 g/mol. The highest BCUT2D eigenvalue weighted by Crippen LogP contribution is 2.23. The lowest BCUT2D eigenvalue weighted by molar-refractivity contribution is 0.103. The van der Waals surface area contributed by atoms with E-state index in [0.717, 1.165) is 0 Å². The van der Waals surface area contributed by atoms with Crippen molar-refractivity contribution in [1.29, 1.82) is 0 Å². The normalized spacial score (nSPS) is 10.8. The Morgan fingerprint density at radius 1 is 1.15 bits per heavy atom. The summed E-state index contributed by atoms with van der Waals surface area (Å²) in [6, 6.07) is 10.2. The van der Waals surface area contributed by atoms with Crippen molar-refractivity contribution in [2.24, 2.45) is 0 Å². The van der Waals surface area contributed by atoms with E-state index in [1.165, 1.54) is 24.3 Å². The Labute approximate surface area is 126 Å². The highest BCUT2D eigenvalue weighted by atomic mass is 35.5. The van der Waals surface area contributed by atoms with Crippen LogP contribution in [0.3, 0.4) is 0 Å². The predicted molar refractivity (Wildman–Crippen MR) is 79.0 cm³/mol. The first-order valence-corrected chi connectivity index (χ1v) is 6.86. The zero-order valence-electron chi connectivity index (χ0n) is 10.3. The van der Waals surface area contributed by atoms with Crippen LogP contribution < -0.4 is 0 Å². The molecule has 0 unspecified atom stereocenters. The maximum atomic E-state index is 12.5. The Bertz CT molecular complexity index is 626. The van der Waals surface area contributed by atoms with Gasteiger partial charge >= 0.3 is 0 Å². The van der Waals surface area contributed by atoms with Gasteiger partial charge in [-0.1, -0.05) is 35.9 Å². The summed E-state index contributed by atoms with van der Waals surface area (Å²) < 4.78 is 25.0. The molecule has 2 rings (SSSR count). The highest BCUT2D eigenvalue weighted by molar-refractivity contribution is 7.79. The van der Waals surface area contributed by atoms with Crippen molar-refractivity contribution < 1.29 is 13.6 Å². The van der Waals surface area contributed by atoms with E-state index in [1.54, 1.807) is 18.2 Å². The Morgan fingerprint density at radius 2 is 1.80 bits per heavy atom. The number of carbonyl (C=O) groups is 1. The zero-order chi connectivity index (χ0) is 14.7. The van der Waals surface area contributed by atoms with E-state index in [-0.39, 0.29) is 11.3 Å². The molecule has 5 heteroatoms. The predicted octanol–water partition coefficient (Wildman–Crippen LogP) is 4.94. The standard InChI is InChI=1S/C15H11ClF2OS/c16-12-5-6-13(11(7-12)8-20)14(19)9-1-3-10(4-2-9)15(17)18/h1-7,15,20H,8H2. The number of alkyl halides is 2. The van der Waals surface area contributed by atoms with E-state index in [9.17, 15) is 13.6 Å². The van der Waals surface area contributed by atoms with Crippen LogP contribution in [-0.4, -0.2) is 5.78 Å². The second kappa shape index (κ2) is 6.37. The summed E-state index contributed by atoms with van der Waals surface area (Å²) in [6.45, 7) is 0. The lowest BCUT2D eigenvalue weighted by Crippen LogP contribution is -2.05. The van der Waals surface area contributed by atoms with Gasteiger partial charge in [-0.05, 0) is 23.8 Å². The van der Waals surface area contributed by atoms with Crippen LogP contribution in [0.2, 0.25) is 5.02 Å². The van der Waals surface area contributed by atoms with E-state index in [4.69, 9.17) is 11.6 Å². The molecule has 20 heavy (non-hydrogen) atoms. The number of carbonyl (C=O) groups excluding carboxylic acids is 1. The molecule has 1 nitrogen and oxygen atoms in total. The number of benzene rings is 2. The molecule has 0 N–H and O–H groups in total. The molecule has 0 aliphatic rings. The first-order chi connectivity index (χ1) is 9.52. The van der Waals surface area contributed by atoms with Crippen LogP contribution in [0.1, 0.15) is 33.5 Å². The summed E-state index contributed by atoms with van der Waals surface area (Å²) in [6.07, 6.45) is -2.54.